The van der Waals surface area contributed by atoms with E-state index in [1.165, 1.54) is 0 Å². The highest BCUT2D eigenvalue weighted by Gasteiger charge is 2.31. The van der Waals surface area contributed by atoms with E-state index in [0.29, 0.717) is 17.8 Å². The number of rotatable bonds is 6. The van der Waals surface area contributed by atoms with Crippen LogP contribution in [0.15, 0.2) is 10.3 Å². The van der Waals surface area contributed by atoms with Crippen LogP contribution in [0.25, 0.3) is 0 Å². The lowest BCUT2D eigenvalue weighted by atomic mass is 10.3. The highest BCUT2D eigenvalue weighted by molar-refractivity contribution is 7.91. The molecule has 18 heavy (non-hydrogen) atoms. The third kappa shape index (κ3) is 3.23. The Balaban J connectivity index is 3.31. The van der Waals surface area contributed by atoms with Gasteiger partial charge in [0.2, 0.25) is 0 Å². The maximum absolute atomic E-state index is 12.7. The quantitative estimate of drug-likeness (QED) is 0.738. The zero-order valence-electron chi connectivity index (χ0n) is 9.50. The summed E-state index contributed by atoms with van der Waals surface area (Å²) in [6.07, 6.45) is -5.34. The van der Waals surface area contributed by atoms with Crippen molar-refractivity contribution in [2.24, 2.45) is 0 Å². The Morgan fingerprint density at radius 1 is 1.22 bits per heavy atom. The first-order chi connectivity index (χ1) is 8.31. The summed E-state index contributed by atoms with van der Waals surface area (Å²) in [5, 5.41) is 0.797. The van der Waals surface area contributed by atoms with E-state index >= 15 is 0 Å². The number of hydrogen-bond acceptors (Lipinski definition) is 3. The van der Waals surface area contributed by atoms with Gasteiger partial charge in [-0.1, -0.05) is 13.3 Å². The van der Waals surface area contributed by atoms with E-state index in [1.807, 2.05) is 0 Å². The predicted molar refractivity (Wildman–Crippen MR) is 61.2 cm³/mol. The van der Waals surface area contributed by atoms with Crippen LogP contribution in [0, 0.1) is 0 Å². The van der Waals surface area contributed by atoms with Gasteiger partial charge in [-0.3, -0.25) is 0 Å². The fourth-order valence-corrected chi connectivity index (χ4v) is 4.62. The Hall–Kier alpha value is -0.630. The minimum absolute atomic E-state index is 0.254. The molecule has 0 aliphatic heterocycles. The monoisotopic (exact) mass is 304 g/mol. The van der Waals surface area contributed by atoms with Crippen molar-refractivity contribution in [2.45, 2.75) is 37.5 Å². The van der Waals surface area contributed by atoms with Crippen molar-refractivity contribution in [2.75, 3.05) is 5.75 Å². The first-order valence-electron chi connectivity index (χ1n) is 5.21. The SMILES string of the molecule is CCCCS(=O)(=O)c1c(C(F)F)csc1C(F)F. The van der Waals surface area contributed by atoms with Crippen molar-refractivity contribution in [1.29, 1.82) is 0 Å². The fourth-order valence-electron chi connectivity index (χ4n) is 1.45. The first-order valence-corrected chi connectivity index (χ1v) is 7.74. The maximum Gasteiger partial charge on any atom is 0.274 e. The topological polar surface area (TPSA) is 34.1 Å². The van der Waals surface area contributed by atoms with E-state index in [4.69, 9.17) is 0 Å². The maximum atomic E-state index is 12.7. The second kappa shape index (κ2) is 6.01. The third-order valence-electron chi connectivity index (χ3n) is 2.31. The first kappa shape index (κ1) is 15.4. The van der Waals surface area contributed by atoms with Gasteiger partial charge in [-0.05, 0) is 6.42 Å². The van der Waals surface area contributed by atoms with Gasteiger partial charge in [0.1, 0.15) is 0 Å². The van der Waals surface area contributed by atoms with E-state index in [-0.39, 0.29) is 12.2 Å². The minimum atomic E-state index is -4.08. The molecule has 0 aromatic carbocycles. The standard InChI is InChI=1S/C10H12F4O2S2/c1-2-3-4-18(15,16)8-6(9(11)12)5-17-7(8)10(13)14/h5,9-10H,2-4H2,1H3. The molecule has 0 fully saturated rings. The molecule has 0 bridgehead atoms. The molecule has 104 valence electrons. The van der Waals surface area contributed by atoms with Crippen LogP contribution in [0.4, 0.5) is 17.6 Å². The van der Waals surface area contributed by atoms with Crippen LogP contribution in [-0.2, 0) is 9.84 Å². The molecular weight excluding hydrogens is 292 g/mol. The van der Waals surface area contributed by atoms with Gasteiger partial charge in [0.15, 0.2) is 9.84 Å². The summed E-state index contributed by atoms with van der Waals surface area (Å²) in [6, 6.07) is 0. The number of unbranched alkanes of at least 4 members (excludes halogenated alkanes) is 1. The van der Waals surface area contributed by atoms with E-state index in [9.17, 15) is 26.0 Å². The molecule has 0 radical (unpaired) electrons. The molecular formula is C10H12F4O2S2. The Bertz CT molecular complexity index is 468. The summed E-state index contributed by atoms with van der Waals surface area (Å²) < 4.78 is 74.3. The molecule has 0 saturated heterocycles. The van der Waals surface area contributed by atoms with Gasteiger partial charge in [-0.25, -0.2) is 26.0 Å². The van der Waals surface area contributed by atoms with Crippen molar-refractivity contribution in [3.8, 4) is 0 Å². The van der Waals surface area contributed by atoms with E-state index in [1.54, 1.807) is 6.92 Å². The average Bonchev–Trinajstić information content (AvgIpc) is 2.71. The molecule has 0 atom stereocenters. The van der Waals surface area contributed by atoms with Crippen molar-refractivity contribution in [3.63, 3.8) is 0 Å². The van der Waals surface area contributed by atoms with E-state index < -0.39 is 38.0 Å². The van der Waals surface area contributed by atoms with Crippen LogP contribution >= 0.6 is 11.3 Å². The van der Waals surface area contributed by atoms with Gasteiger partial charge >= 0.3 is 0 Å². The van der Waals surface area contributed by atoms with Gasteiger partial charge in [0.25, 0.3) is 12.9 Å². The van der Waals surface area contributed by atoms with Crippen LogP contribution in [0.5, 0.6) is 0 Å². The lowest BCUT2D eigenvalue weighted by molar-refractivity contribution is 0.141. The largest absolute Gasteiger partial charge is 0.274 e. The van der Waals surface area contributed by atoms with Gasteiger partial charge in [-0.15, -0.1) is 11.3 Å². The second-order valence-electron chi connectivity index (χ2n) is 3.66. The smallest absolute Gasteiger partial charge is 0.224 e. The molecule has 2 nitrogen and oxygen atoms in total. The molecule has 1 heterocycles. The summed E-state index contributed by atoms with van der Waals surface area (Å²) in [5.41, 5.74) is -0.814. The normalized spacial score (nSPS) is 12.6. The van der Waals surface area contributed by atoms with Crippen LogP contribution in [0.2, 0.25) is 0 Å². The Morgan fingerprint density at radius 3 is 2.28 bits per heavy atom. The van der Waals surface area contributed by atoms with Crippen LogP contribution in [-0.4, -0.2) is 14.2 Å². The Kier molecular flexibility index (Phi) is 5.15. The van der Waals surface area contributed by atoms with Gasteiger partial charge in [0, 0.05) is 10.9 Å². The number of sulfone groups is 1. The molecule has 8 heteroatoms. The van der Waals surface area contributed by atoms with Crippen LogP contribution < -0.4 is 0 Å². The van der Waals surface area contributed by atoms with Crippen molar-refractivity contribution < 1.29 is 26.0 Å². The average molecular weight is 304 g/mol. The zero-order valence-corrected chi connectivity index (χ0v) is 11.1. The molecule has 0 aliphatic rings. The van der Waals surface area contributed by atoms with Crippen molar-refractivity contribution >= 4 is 21.2 Å². The summed E-state index contributed by atoms with van der Waals surface area (Å²) in [6.45, 7) is 1.73. The van der Waals surface area contributed by atoms with Gasteiger partial charge in [-0.2, -0.15) is 0 Å². The summed E-state index contributed by atoms with van der Waals surface area (Å²) in [5.74, 6) is -0.389. The summed E-state index contributed by atoms with van der Waals surface area (Å²) in [4.78, 5) is -1.66. The Morgan fingerprint density at radius 2 is 1.83 bits per heavy atom. The van der Waals surface area contributed by atoms with Crippen LogP contribution in [0.3, 0.4) is 0 Å². The molecule has 0 saturated carbocycles. The molecule has 1 aromatic heterocycles. The van der Waals surface area contributed by atoms with E-state index in [2.05, 4.69) is 0 Å². The molecule has 0 aliphatic carbocycles. The van der Waals surface area contributed by atoms with E-state index in [0.717, 1.165) is 5.38 Å². The van der Waals surface area contributed by atoms with Crippen molar-refractivity contribution in [1.82, 2.24) is 0 Å². The number of halogens is 4. The van der Waals surface area contributed by atoms with Gasteiger partial charge < -0.3 is 0 Å². The molecule has 0 amide bonds. The second-order valence-corrected chi connectivity index (χ2v) is 6.62. The zero-order chi connectivity index (χ0) is 13.9. The number of thiophene rings is 1. The highest BCUT2D eigenvalue weighted by Crippen LogP contribution is 2.39. The Labute approximate surface area is 107 Å². The molecule has 1 aromatic rings. The molecule has 0 spiro atoms. The number of hydrogen-bond donors (Lipinski definition) is 0. The molecule has 1 rings (SSSR count). The lowest BCUT2D eigenvalue weighted by Crippen LogP contribution is -2.10. The number of alkyl halides is 4. The molecule has 0 unspecified atom stereocenters. The third-order valence-corrected chi connectivity index (χ3v) is 5.35. The summed E-state index contributed by atoms with van der Waals surface area (Å²) >= 11 is 0.364. The fraction of sp³-hybridized carbons (Fsp3) is 0.600. The van der Waals surface area contributed by atoms with Gasteiger partial charge in [0.05, 0.1) is 15.5 Å². The van der Waals surface area contributed by atoms with Crippen molar-refractivity contribution in [3.05, 3.63) is 15.8 Å². The lowest BCUT2D eigenvalue weighted by Gasteiger charge is -2.08. The summed E-state index contributed by atoms with van der Waals surface area (Å²) in [7, 11) is -4.08. The van der Waals surface area contributed by atoms with Crippen LogP contribution in [0.1, 0.15) is 43.1 Å². The highest BCUT2D eigenvalue weighted by atomic mass is 32.2. The predicted octanol–water partition coefficient (Wildman–Crippen LogP) is 4.20. The minimum Gasteiger partial charge on any atom is -0.224 e. The molecule has 0 N–H and O–H groups in total.